The van der Waals surface area contributed by atoms with Gasteiger partial charge in [-0.05, 0) is 50.1 Å². The van der Waals surface area contributed by atoms with E-state index in [1.54, 1.807) is 6.07 Å². The number of piperidine rings is 1. The first kappa shape index (κ1) is 12.7. The first-order valence-corrected chi connectivity index (χ1v) is 6.33. The van der Waals surface area contributed by atoms with Crippen LogP contribution in [0, 0.1) is 0 Å². The Morgan fingerprint density at radius 1 is 1.53 bits per heavy atom. The Labute approximate surface area is 107 Å². The van der Waals surface area contributed by atoms with Crippen LogP contribution in [-0.4, -0.2) is 28.7 Å². The zero-order chi connectivity index (χ0) is 12.5. The number of nitrogens with two attached hydrogens (primary N) is 1. The zero-order valence-electron chi connectivity index (χ0n) is 10.1. The summed E-state index contributed by atoms with van der Waals surface area (Å²) >= 11 is 6.14. The second kappa shape index (κ2) is 4.84. The molecule has 1 saturated heterocycles. The van der Waals surface area contributed by atoms with E-state index in [0.29, 0.717) is 6.54 Å². The molecule has 2 rings (SSSR count). The summed E-state index contributed by atoms with van der Waals surface area (Å²) in [5.74, 6) is 0. The fraction of sp³-hybridized carbons (Fsp3) is 0.538. The summed E-state index contributed by atoms with van der Waals surface area (Å²) in [7, 11) is 0. The van der Waals surface area contributed by atoms with Gasteiger partial charge in [-0.25, -0.2) is 0 Å². The Morgan fingerprint density at radius 3 is 3.00 bits per heavy atom. The number of anilines is 1. The third kappa shape index (κ3) is 3.35. The number of halogens is 1. The van der Waals surface area contributed by atoms with E-state index < -0.39 is 5.60 Å². The van der Waals surface area contributed by atoms with Gasteiger partial charge in [-0.15, -0.1) is 0 Å². The number of benzene rings is 1. The molecule has 3 N–H and O–H groups in total. The Hall–Kier alpha value is -0.770. The number of nitrogen functional groups attached to an aromatic ring is 1. The van der Waals surface area contributed by atoms with E-state index in [-0.39, 0.29) is 0 Å². The second-order valence-electron chi connectivity index (χ2n) is 5.16. The molecule has 94 valence electrons. The molecule has 0 amide bonds. The van der Waals surface area contributed by atoms with E-state index in [1.165, 1.54) is 0 Å². The second-order valence-corrected chi connectivity index (χ2v) is 5.57. The molecule has 0 radical (unpaired) electrons. The predicted octanol–water partition coefficient (Wildman–Crippen LogP) is 2.27. The van der Waals surface area contributed by atoms with Crippen LogP contribution >= 0.6 is 11.6 Å². The molecule has 1 aliphatic rings. The van der Waals surface area contributed by atoms with Crippen molar-refractivity contribution < 1.29 is 5.11 Å². The molecule has 17 heavy (non-hydrogen) atoms. The number of hydrogen-bond donors (Lipinski definition) is 2. The molecule has 4 heteroatoms. The molecule has 0 aromatic heterocycles. The average molecular weight is 255 g/mol. The maximum Gasteiger partial charge on any atom is 0.0746 e. The van der Waals surface area contributed by atoms with Crippen LogP contribution in [0.5, 0.6) is 0 Å². The molecule has 1 unspecified atom stereocenters. The van der Waals surface area contributed by atoms with Crippen molar-refractivity contribution in [2.24, 2.45) is 0 Å². The lowest BCUT2D eigenvalue weighted by atomic mass is 9.95. The number of hydrogen-bond acceptors (Lipinski definition) is 3. The normalized spacial score (nSPS) is 26.1. The quantitative estimate of drug-likeness (QED) is 0.796. The van der Waals surface area contributed by atoms with Gasteiger partial charge in [0.2, 0.25) is 0 Å². The summed E-state index contributed by atoms with van der Waals surface area (Å²) in [6, 6.07) is 5.54. The minimum atomic E-state index is -0.578. The highest BCUT2D eigenvalue weighted by molar-refractivity contribution is 6.31. The third-order valence-corrected chi connectivity index (χ3v) is 3.59. The summed E-state index contributed by atoms with van der Waals surface area (Å²) < 4.78 is 0. The molecule has 3 nitrogen and oxygen atoms in total. The molecule has 0 saturated carbocycles. The van der Waals surface area contributed by atoms with Crippen LogP contribution < -0.4 is 5.73 Å². The maximum absolute atomic E-state index is 10.0. The Balaban J connectivity index is 2.07. The molecule has 0 aliphatic carbocycles. The number of likely N-dealkylation sites (tertiary alicyclic amines) is 1. The van der Waals surface area contributed by atoms with Gasteiger partial charge in [0.25, 0.3) is 0 Å². The first-order valence-electron chi connectivity index (χ1n) is 5.95. The van der Waals surface area contributed by atoms with Gasteiger partial charge in [0.15, 0.2) is 0 Å². The molecule has 1 aromatic carbocycles. The predicted molar refractivity (Wildman–Crippen MR) is 71.0 cm³/mol. The molecule has 0 bridgehead atoms. The summed E-state index contributed by atoms with van der Waals surface area (Å²) in [5, 5.41) is 10.8. The smallest absolute Gasteiger partial charge is 0.0746 e. The van der Waals surface area contributed by atoms with Crippen molar-refractivity contribution in [3.8, 4) is 0 Å². The Morgan fingerprint density at radius 2 is 2.29 bits per heavy atom. The lowest BCUT2D eigenvalue weighted by Crippen LogP contribution is -2.45. The van der Waals surface area contributed by atoms with E-state index in [2.05, 4.69) is 4.90 Å². The van der Waals surface area contributed by atoms with Crippen molar-refractivity contribution in [1.82, 2.24) is 4.90 Å². The first-order chi connectivity index (χ1) is 7.96. The van der Waals surface area contributed by atoms with Crippen LogP contribution in [0.3, 0.4) is 0 Å². The number of nitrogens with zero attached hydrogens (tertiary/aromatic N) is 1. The highest BCUT2D eigenvalue weighted by atomic mass is 35.5. The van der Waals surface area contributed by atoms with E-state index in [4.69, 9.17) is 17.3 Å². The summed E-state index contributed by atoms with van der Waals surface area (Å²) in [5.41, 5.74) is 6.94. The lowest BCUT2D eigenvalue weighted by Gasteiger charge is -2.37. The molecule has 1 heterocycles. The van der Waals surface area contributed by atoms with Crippen LogP contribution in [0.1, 0.15) is 25.3 Å². The molecule has 1 aliphatic heterocycles. The number of rotatable bonds is 2. The molecular formula is C13H19ClN2O. The fourth-order valence-electron chi connectivity index (χ4n) is 2.42. The van der Waals surface area contributed by atoms with Crippen LogP contribution in [0.2, 0.25) is 5.02 Å². The Bertz CT molecular complexity index is 406. The minimum Gasteiger partial charge on any atom is -0.399 e. The van der Waals surface area contributed by atoms with Crippen molar-refractivity contribution >= 4 is 17.3 Å². The zero-order valence-corrected chi connectivity index (χ0v) is 10.9. The van der Waals surface area contributed by atoms with Gasteiger partial charge in [0.05, 0.1) is 5.60 Å². The highest BCUT2D eigenvalue weighted by Crippen LogP contribution is 2.25. The summed E-state index contributed by atoms with van der Waals surface area (Å²) in [6.45, 7) is 4.33. The monoisotopic (exact) mass is 254 g/mol. The summed E-state index contributed by atoms with van der Waals surface area (Å²) in [6.07, 6.45) is 1.89. The van der Waals surface area contributed by atoms with Gasteiger partial charge >= 0.3 is 0 Å². The molecule has 1 fully saturated rings. The van der Waals surface area contributed by atoms with Crippen molar-refractivity contribution in [1.29, 1.82) is 0 Å². The van der Waals surface area contributed by atoms with Crippen molar-refractivity contribution in [3.63, 3.8) is 0 Å². The van der Waals surface area contributed by atoms with Crippen LogP contribution in [-0.2, 0) is 6.54 Å². The fourth-order valence-corrected chi connectivity index (χ4v) is 2.59. The molecule has 1 aromatic rings. The maximum atomic E-state index is 10.0. The highest BCUT2D eigenvalue weighted by Gasteiger charge is 2.28. The van der Waals surface area contributed by atoms with E-state index in [1.807, 2.05) is 19.1 Å². The van der Waals surface area contributed by atoms with Crippen LogP contribution in [0.4, 0.5) is 5.69 Å². The lowest BCUT2D eigenvalue weighted by molar-refractivity contribution is -0.0181. The number of aliphatic hydroxyl groups is 1. The molecule has 0 spiro atoms. The SMILES string of the molecule is CC1(O)CCCN(Cc2cc(N)ccc2Cl)C1. The van der Waals surface area contributed by atoms with Crippen molar-refractivity contribution in [2.45, 2.75) is 31.9 Å². The average Bonchev–Trinajstić information content (AvgIpc) is 2.22. The van der Waals surface area contributed by atoms with E-state index in [0.717, 1.165) is 42.2 Å². The van der Waals surface area contributed by atoms with Gasteiger partial charge < -0.3 is 10.8 Å². The van der Waals surface area contributed by atoms with Crippen LogP contribution in [0.25, 0.3) is 0 Å². The van der Waals surface area contributed by atoms with Gasteiger partial charge in [-0.2, -0.15) is 0 Å². The molecule has 1 atom stereocenters. The summed E-state index contributed by atoms with van der Waals surface area (Å²) in [4.78, 5) is 2.23. The minimum absolute atomic E-state index is 0.578. The van der Waals surface area contributed by atoms with Gasteiger partial charge in [-0.3, -0.25) is 4.90 Å². The van der Waals surface area contributed by atoms with Gasteiger partial charge in [0.1, 0.15) is 0 Å². The van der Waals surface area contributed by atoms with Crippen molar-refractivity contribution in [2.75, 3.05) is 18.8 Å². The van der Waals surface area contributed by atoms with E-state index >= 15 is 0 Å². The van der Waals surface area contributed by atoms with Gasteiger partial charge in [0, 0.05) is 23.8 Å². The molecular weight excluding hydrogens is 236 g/mol. The van der Waals surface area contributed by atoms with E-state index in [9.17, 15) is 5.11 Å². The standard InChI is InChI=1S/C13H19ClN2O/c1-13(17)5-2-6-16(9-13)8-10-7-11(15)3-4-12(10)14/h3-4,7,17H,2,5-6,8-9,15H2,1H3. The van der Waals surface area contributed by atoms with Crippen molar-refractivity contribution in [3.05, 3.63) is 28.8 Å². The largest absolute Gasteiger partial charge is 0.399 e. The van der Waals surface area contributed by atoms with Crippen LogP contribution in [0.15, 0.2) is 18.2 Å². The van der Waals surface area contributed by atoms with Gasteiger partial charge in [-0.1, -0.05) is 11.6 Å². The Kier molecular flexibility index (Phi) is 3.61. The topological polar surface area (TPSA) is 49.5 Å². The number of β-amino-alcohol motifs (C(OH)–C–C–N with tert-alkyl or cyclic N) is 1. The third-order valence-electron chi connectivity index (χ3n) is 3.22.